The highest BCUT2D eigenvalue weighted by molar-refractivity contribution is 7.08. The Balaban J connectivity index is 1.65. The summed E-state index contributed by atoms with van der Waals surface area (Å²) in [7, 11) is 0. The van der Waals surface area contributed by atoms with Gasteiger partial charge < -0.3 is 15.5 Å². The van der Waals surface area contributed by atoms with Gasteiger partial charge in [0.2, 0.25) is 5.91 Å². The molecule has 0 aliphatic heterocycles. The van der Waals surface area contributed by atoms with Gasteiger partial charge in [0.1, 0.15) is 11.5 Å². The molecule has 0 fully saturated rings. The van der Waals surface area contributed by atoms with Crippen molar-refractivity contribution in [1.82, 2.24) is 10.2 Å². The van der Waals surface area contributed by atoms with Gasteiger partial charge in [-0.2, -0.15) is 11.3 Å². The van der Waals surface area contributed by atoms with Crippen LogP contribution in [0.25, 0.3) is 11.3 Å². The molecule has 0 aliphatic carbocycles. The average Bonchev–Trinajstić information content (AvgIpc) is 3.31. The van der Waals surface area contributed by atoms with E-state index in [0.717, 1.165) is 34.0 Å². The highest BCUT2D eigenvalue weighted by atomic mass is 32.1. The summed E-state index contributed by atoms with van der Waals surface area (Å²) in [6, 6.07) is 13.0. The first-order chi connectivity index (χ1) is 14.0. The number of anilines is 2. The number of nitrogens with one attached hydrogen (secondary N) is 1. The van der Waals surface area contributed by atoms with E-state index in [4.69, 9.17) is 10.2 Å². The lowest BCUT2D eigenvalue weighted by atomic mass is 10.0. The van der Waals surface area contributed by atoms with E-state index >= 15 is 0 Å². The molecule has 1 aromatic carbocycles. The van der Waals surface area contributed by atoms with Crippen molar-refractivity contribution >= 4 is 28.7 Å². The van der Waals surface area contributed by atoms with Crippen LogP contribution in [0.5, 0.6) is 0 Å². The number of amides is 1. The van der Waals surface area contributed by atoms with E-state index in [-0.39, 0.29) is 0 Å². The Labute approximate surface area is 172 Å². The zero-order valence-corrected chi connectivity index (χ0v) is 16.9. The largest absolute Gasteiger partial charge is 0.466 e. The van der Waals surface area contributed by atoms with Gasteiger partial charge in [0.05, 0.1) is 5.69 Å². The van der Waals surface area contributed by atoms with Crippen molar-refractivity contribution in [3.8, 4) is 11.3 Å². The molecule has 0 bridgehead atoms. The molecule has 3 aromatic heterocycles. The van der Waals surface area contributed by atoms with Crippen molar-refractivity contribution in [3.05, 3.63) is 81.4 Å². The zero-order chi connectivity index (χ0) is 20.4. The van der Waals surface area contributed by atoms with Crippen LogP contribution in [0, 0.1) is 13.8 Å². The van der Waals surface area contributed by atoms with Gasteiger partial charge in [0.15, 0.2) is 5.82 Å². The third-order valence-corrected chi connectivity index (χ3v) is 5.51. The highest BCUT2D eigenvalue weighted by Gasteiger charge is 2.16. The van der Waals surface area contributed by atoms with E-state index in [2.05, 4.69) is 33.2 Å². The van der Waals surface area contributed by atoms with E-state index in [1.54, 1.807) is 23.5 Å². The first-order valence-corrected chi connectivity index (χ1v) is 10.1. The monoisotopic (exact) mass is 404 g/mol. The molecule has 7 heteroatoms. The Hall–Kier alpha value is -3.45. The lowest BCUT2D eigenvalue weighted by Crippen LogP contribution is -2.15. The summed E-state index contributed by atoms with van der Waals surface area (Å²) in [6.07, 6.45) is 0.439. The maximum absolute atomic E-state index is 12.0. The number of hydrogen-bond donors (Lipinski definition) is 2. The van der Waals surface area contributed by atoms with Crippen LogP contribution in [0.1, 0.15) is 33.0 Å². The minimum atomic E-state index is -0.485. The van der Waals surface area contributed by atoms with Gasteiger partial charge in [-0.15, -0.1) is 10.2 Å². The van der Waals surface area contributed by atoms with Gasteiger partial charge in [-0.05, 0) is 66.8 Å². The number of thiophene rings is 1. The molecule has 0 saturated heterocycles. The van der Waals surface area contributed by atoms with Crippen molar-refractivity contribution in [2.45, 2.75) is 20.3 Å². The smallest absolute Gasteiger partial charge is 0.249 e. The number of aromatic nitrogens is 2. The van der Waals surface area contributed by atoms with Gasteiger partial charge in [-0.1, -0.05) is 6.07 Å². The Morgan fingerprint density at radius 3 is 2.59 bits per heavy atom. The Morgan fingerprint density at radius 1 is 1.10 bits per heavy atom. The molecule has 1 amide bonds. The minimum Gasteiger partial charge on any atom is -0.466 e. The summed E-state index contributed by atoms with van der Waals surface area (Å²) >= 11 is 1.64. The molecule has 6 nitrogen and oxygen atoms in total. The fourth-order valence-electron chi connectivity index (χ4n) is 3.18. The normalized spacial score (nSPS) is 10.8. The molecule has 3 heterocycles. The topological polar surface area (TPSA) is 94.0 Å². The molecular formula is C22H20N4O2S. The van der Waals surface area contributed by atoms with Crippen LogP contribution >= 0.6 is 11.3 Å². The van der Waals surface area contributed by atoms with Crippen molar-refractivity contribution in [2.24, 2.45) is 5.73 Å². The third-order valence-electron chi connectivity index (χ3n) is 4.65. The molecule has 4 rings (SSSR count). The van der Waals surface area contributed by atoms with E-state index in [1.807, 2.05) is 37.3 Å². The second-order valence-electron chi connectivity index (χ2n) is 6.78. The van der Waals surface area contributed by atoms with E-state index in [9.17, 15) is 4.79 Å². The number of carbonyl (C=O) groups excluding carboxylic acids is 1. The van der Waals surface area contributed by atoms with E-state index in [0.29, 0.717) is 17.8 Å². The van der Waals surface area contributed by atoms with Crippen LogP contribution in [0.3, 0.4) is 0 Å². The van der Waals surface area contributed by atoms with Gasteiger partial charge in [0.25, 0.3) is 0 Å². The second kappa shape index (κ2) is 7.89. The number of nitrogens with two attached hydrogens (primary N) is 1. The third kappa shape index (κ3) is 4.05. The SMILES string of the molecule is Cc1ccc(Cc2c(Nc3ccc(-c4cscc4C)nn3)cccc2C(N)=O)o1. The van der Waals surface area contributed by atoms with Crippen molar-refractivity contribution < 1.29 is 9.21 Å². The second-order valence-corrected chi connectivity index (χ2v) is 7.53. The van der Waals surface area contributed by atoms with E-state index in [1.165, 1.54) is 5.56 Å². The lowest BCUT2D eigenvalue weighted by molar-refractivity contribution is 0.0999. The Morgan fingerprint density at radius 2 is 1.97 bits per heavy atom. The van der Waals surface area contributed by atoms with Crippen LogP contribution in [0.15, 0.2) is 57.6 Å². The van der Waals surface area contributed by atoms with Gasteiger partial charge >= 0.3 is 0 Å². The first-order valence-electron chi connectivity index (χ1n) is 9.12. The Kier molecular flexibility index (Phi) is 5.14. The fourth-order valence-corrected chi connectivity index (χ4v) is 4.02. The summed E-state index contributed by atoms with van der Waals surface area (Å²) in [6.45, 7) is 3.94. The maximum atomic E-state index is 12.0. The van der Waals surface area contributed by atoms with Crippen molar-refractivity contribution in [2.75, 3.05) is 5.32 Å². The number of hydrogen-bond acceptors (Lipinski definition) is 6. The van der Waals surface area contributed by atoms with Crippen LogP contribution < -0.4 is 11.1 Å². The number of furan rings is 1. The van der Waals surface area contributed by atoms with Crippen molar-refractivity contribution in [3.63, 3.8) is 0 Å². The summed E-state index contributed by atoms with van der Waals surface area (Å²) in [4.78, 5) is 12.0. The summed E-state index contributed by atoms with van der Waals surface area (Å²) in [5.74, 6) is 1.67. The predicted molar refractivity (Wildman–Crippen MR) is 115 cm³/mol. The molecule has 0 radical (unpaired) electrons. The number of aryl methyl sites for hydroxylation is 2. The first kappa shape index (κ1) is 18.9. The minimum absolute atomic E-state index is 0.439. The van der Waals surface area contributed by atoms with Crippen molar-refractivity contribution in [1.29, 1.82) is 0 Å². The number of carbonyl (C=O) groups is 1. The van der Waals surface area contributed by atoms with Gasteiger partial charge in [-0.3, -0.25) is 4.79 Å². The van der Waals surface area contributed by atoms with Crippen LogP contribution in [-0.4, -0.2) is 16.1 Å². The molecule has 146 valence electrons. The van der Waals surface area contributed by atoms with Crippen LogP contribution in [0.2, 0.25) is 0 Å². The fraction of sp³-hybridized carbons (Fsp3) is 0.136. The maximum Gasteiger partial charge on any atom is 0.249 e. The molecule has 0 atom stereocenters. The average molecular weight is 404 g/mol. The van der Waals surface area contributed by atoms with Gasteiger partial charge in [0, 0.05) is 28.6 Å². The summed E-state index contributed by atoms with van der Waals surface area (Å²) in [5, 5.41) is 16.0. The number of benzene rings is 1. The zero-order valence-electron chi connectivity index (χ0n) is 16.1. The highest BCUT2D eigenvalue weighted by Crippen LogP contribution is 2.28. The summed E-state index contributed by atoms with van der Waals surface area (Å²) < 4.78 is 5.69. The molecular weight excluding hydrogens is 384 g/mol. The van der Waals surface area contributed by atoms with Gasteiger partial charge in [-0.25, -0.2) is 0 Å². The molecule has 0 aliphatic rings. The molecule has 3 N–H and O–H groups in total. The molecule has 0 spiro atoms. The Bertz CT molecular complexity index is 1160. The predicted octanol–water partition coefficient (Wildman–Crippen LogP) is 4.85. The number of rotatable bonds is 6. The standard InChI is InChI=1S/C22H20N4O2S/c1-13-11-29-12-18(13)20-8-9-21(26-25-20)24-19-5-3-4-16(22(23)27)17(19)10-15-7-6-14(2)28-15/h3-9,11-12H,10H2,1-2H3,(H2,23,27)(H,24,26). The molecule has 0 saturated carbocycles. The lowest BCUT2D eigenvalue weighted by Gasteiger charge is -2.14. The number of primary amides is 1. The van der Waals surface area contributed by atoms with E-state index < -0.39 is 5.91 Å². The molecule has 0 unspecified atom stereocenters. The quantitative estimate of drug-likeness (QED) is 0.479. The number of nitrogens with zero attached hydrogens (tertiary/aromatic N) is 2. The summed E-state index contributed by atoms with van der Waals surface area (Å²) in [5.41, 5.74) is 10.6. The molecule has 4 aromatic rings. The van der Waals surface area contributed by atoms with Crippen LogP contribution in [-0.2, 0) is 6.42 Å². The molecule has 29 heavy (non-hydrogen) atoms. The van der Waals surface area contributed by atoms with Crippen LogP contribution in [0.4, 0.5) is 11.5 Å².